The van der Waals surface area contributed by atoms with Crippen LogP contribution in [0.25, 0.3) is 11.0 Å². The van der Waals surface area contributed by atoms with E-state index < -0.39 is 0 Å². The van der Waals surface area contributed by atoms with Crippen molar-refractivity contribution in [2.75, 3.05) is 0 Å². The molecule has 0 atom stereocenters. The number of nitrogens with zero attached hydrogens (tertiary/aromatic N) is 4. The van der Waals surface area contributed by atoms with Gasteiger partial charge in [0.05, 0.1) is 11.0 Å². The maximum Gasteiger partial charge on any atom is 0.133 e. The zero-order valence-electron chi connectivity index (χ0n) is 12.0. The van der Waals surface area contributed by atoms with Gasteiger partial charge < -0.3 is 9.55 Å². The normalized spacial score (nSPS) is 15.0. The summed E-state index contributed by atoms with van der Waals surface area (Å²) in [7, 11) is 0. The van der Waals surface area contributed by atoms with Gasteiger partial charge in [-0.25, -0.2) is 4.98 Å². The molecule has 0 unspecified atom stereocenters. The van der Waals surface area contributed by atoms with Crippen molar-refractivity contribution in [3.05, 3.63) is 41.7 Å². The van der Waals surface area contributed by atoms with Crippen LogP contribution in [-0.2, 0) is 25.8 Å². The van der Waals surface area contributed by atoms with Crippen molar-refractivity contribution in [1.82, 2.24) is 24.7 Å². The van der Waals surface area contributed by atoms with Gasteiger partial charge in [-0.2, -0.15) is 0 Å². The van der Waals surface area contributed by atoms with Crippen LogP contribution in [0.2, 0.25) is 0 Å². The molecule has 1 aliphatic rings. The minimum Gasteiger partial charge on any atom is -0.342 e. The van der Waals surface area contributed by atoms with Gasteiger partial charge in [0.2, 0.25) is 0 Å². The number of hydrogen-bond donors (Lipinski definition) is 1. The summed E-state index contributed by atoms with van der Waals surface area (Å²) < 4.78 is 2.32. The summed E-state index contributed by atoms with van der Waals surface area (Å²) >= 11 is 0. The van der Waals surface area contributed by atoms with E-state index in [0.29, 0.717) is 0 Å². The maximum absolute atomic E-state index is 4.63. The van der Waals surface area contributed by atoms with Crippen LogP contribution in [0.3, 0.4) is 0 Å². The second-order valence-corrected chi connectivity index (χ2v) is 5.70. The number of rotatable bonds is 3. The summed E-state index contributed by atoms with van der Waals surface area (Å²) in [5, 5.41) is 8.73. The molecule has 0 saturated carbocycles. The first-order valence-electron chi connectivity index (χ1n) is 7.75. The molecule has 0 aliphatic carbocycles. The average molecular weight is 281 g/mol. The standard InChI is InChI=1S/C16H19N5/c1-2-8-15-19-20-16(21(15)11-5-1)10-9-14-17-12-6-3-4-7-13(12)18-14/h3-4,6-7H,1-2,5,8-11H2,(H,17,18). The third-order valence-corrected chi connectivity index (χ3v) is 4.21. The Hall–Kier alpha value is -2.17. The Morgan fingerprint density at radius 3 is 2.95 bits per heavy atom. The van der Waals surface area contributed by atoms with Crippen LogP contribution in [-0.4, -0.2) is 24.7 Å². The molecule has 1 aromatic carbocycles. The van der Waals surface area contributed by atoms with Crippen molar-refractivity contribution in [2.24, 2.45) is 0 Å². The van der Waals surface area contributed by atoms with Gasteiger partial charge in [-0.05, 0) is 25.0 Å². The molecule has 0 saturated heterocycles. The first-order chi connectivity index (χ1) is 10.4. The Morgan fingerprint density at radius 1 is 1.05 bits per heavy atom. The topological polar surface area (TPSA) is 59.4 Å². The van der Waals surface area contributed by atoms with Crippen molar-refractivity contribution in [3.8, 4) is 0 Å². The third-order valence-electron chi connectivity index (χ3n) is 4.21. The lowest BCUT2D eigenvalue weighted by atomic mass is 10.2. The van der Waals surface area contributed by atoms with Crippen LogP contribution in [0.4, 0.5) is 0 Å². The number of fused-ring (bicyclic) bond motifs is 2. The van der Waals surface area contributed by atoms with E-state index in [9.17, 15) is 0 Å². The lowest BCUT2D eigenvalue weighted by Crippen LogP contribution is -2.07. The van der Waals surface area contributed by atoms with Gasteiger partial charge in [0.25, 0.3) is 0 Å². The molecular weight excluding hydrogens is 262 g/mol. The predicted molar refractivity (Wildman–Crippen MR) is 81.1 cm³/mol. The first kappa shape index (κ1) is 12.6. The number of imidazole rings is 1. The molecular formula is C16H19N5. The molecule has 0 radical (unpaired) electrons. The number of hydrogen-bond acceptors (Lipinski definition) is 3. The van der Waals surface area contributed by atoms with Crippen molar-refractivity contribution in [2.45, 2.75) is 45.1 Å². The lowest BCUT2D eigenvalue weighted by molar-refractivity contribution is 0.601. The van der Waals surface area contributed by atoms with E-state index in [0.717, 1.165) is 54.3 Å². The van der Waals surface area contributed by atoms with Crippen molar-refractivity contribution < 1.29 is 0 Å². The number of nitrogens with one attached hydrogen (secondary N) is 1. The van der Waals surface area contributed by atoms with E-state index in [4.69, 9.17) is 0 Å². The van der Waals surface area contributed by atoms with Gasteiger partial charge in [0, 0.05) is 25.8 Å². The molecule has 1 aliphatic heterocycles. The highest BCUT2D eigenvalue weighted by Gasteiger charge is 2.14. The molecule has 4 rings (SSSR count). The van der Waals surface area contributed by atoms with E-state index in [1.165, 1.54) is 19.3 Å². The highest BCUT2D eigenvalue weighted by atomic mass is 15.3. The van der Waals surface area contributed by atoms with Crippen molar-refractivity contribution in [1.29, 1.82) is 0 Å². The lowest BCUT2D eigenvalue weighted by Gasteiger charge is -2.05. The Balaban J connectivity index is 1.53. The Kier molecular flexibility index (Phi) is 3.18. The number of aryl methyl sites for hydroxylation is 3. The average Bonchev–Trinajstić information content (AvgIpc) is 3.01. The van der Waals surface area contributed by atoms with E-state index >= 15 is 0 Å². The summed E-state index contributed by atoms with van der Waals surface area (Å²) in [4.78, 5) is 8.01. The van der Waals surface area contributed by atoms with Crippen LogP contribution in [0.5, 0.6) is 0 Å². The Labute approximate surface area is 123 Å². The molecule has 0 spiro atoms. The summed E-state index contributed by atoms with van der Waals surface area (Å²) in [5.41, 5.74) is 2.14. The zero-order valence-corrected chi connectivity index (χ0v) is 12.0. The zero-order chi connectivity index (χ0) is 14.1. The van der Waals surface area contributed by atoms with Crippen molar-refractivity contribution >= 4 is 11.0 Å². The summed E-state index contributed by atoms with van der Waals surface area (Å²) in [6, 6.07) is 8.15. The molecule has 1 N–H and O–H groups in total. The fraction of sp³-hybridized carbons (Fsp3) is 0.438. The molecule has 21 heavy (non-hydrogen) atoms. The molecule has 2 aromatic heterocycles. The number of benzene rings is 1. The third kappa shape index (κ3) is 2.44. The van der Waals surface area contributed by atoms with Crippen LogP contribution in [0.15, 0.2) is 24.3 Å². The predicted octanol–water partition coefficient (Wildman–Crippen LogP) is 2.67. The number of aromatic amines is 1. The molecule has 5 nitrogen and oxygen atoms in total. The molecule has 3 aromatic rings. The molecule has 0 fully saturated rings. The Morgan fingerprint density at radius 2 is 2.00 bits per heavy atom. The van der Waals surface area contributed by atoms with Crippen molar-refractivity contribution in [3.63, 3.8) is 0 Å². The quantitative estimate of drug-likeness (QED) is 0.803. The molecule has 0 bridgehead atoms. The fourth-order valence-corrected chi connectivity index (χ4v) is 3.08. The van der Waals surface area contributed by atoms with E-state index in [1.54, 1.807) is 0 Å². The van der Waals surface area contributed by atoms with Gasteiger partial charge in [-0.1, -0.05) is 18.6 Å². The van der Waals surface area contributed by atoms with E-state index in [2.05, 4.69) is 30.8 Å². The second-order valence-electron chi connectivity index (χ2n) is 5.70. The summed E-state index contributed by atoms with van der Waals surface area (Å²) in [6.07, 6.45) is 6.62. The highest BCUT2D eigenvalue weighted by molar-refractivity contribution is 5.74. The second kappa shape index (κ2) is 5.31. The number of H-pyrrole nitrogens is 1. The van der Waals surface area contributed by atoms with Crippen LogP contribution in [0.1, 0.15) is 36.7 Å². The fourth-order valence-electron chi connectivity index (χ4n) is 3.08. The van der Waals surface area contributed by atoms with Gasteiger partial charge >= 0.3 is 0 Å². The summed E-state index contributed by atoms with van der Waals surface area (Å²) in [5.74, 6) is 3.29. The molecule has 0 amide bonds. The van der Waals surface area contributed by atoms with Crippen LogP contribution < -0.4 is 0 Å². The molecule has 108 valence electrons. The summed E-state index contributed by atoms with van der Waals surface area (Å²) in [6.45, 7) is 1.07. The van der Waals surface area contributed by atoms with E-state index in [-0.39, 0.29) is 0 Å². The highest BCUT2D eigenvalue weighted by Crippen LogP contribution is 2.16. The number of para-hydroxylation sites is 2. The van der Waals surface area contributed by atoms with Gasteiger partial charge in [-0.3, -0.25) is 0 Å². The van der Waals surface area contributed by atoms with Gasteiger partial charge in [-0.15, -0.1) is 10.2 Å². The minimum absolute atomic E-state index is 0.882. The van der Waals surface area contributed by atoms with Gasteiger partial charge in [0.15, 0.2) is 0 Å². The smallest absolute Gasteiger partial charge is 0.133 e. The number of aromatic nitrogens is 5. The SMILES string of the molecule is c1ccc2[nH]c(CCc3nnc4n3CCCCC4)nc2c1. The minimum atomic E-state index is 0.882. The molecule has 5 heteroatoms. The monoisotopic (exact) mass is 281 g/mol. The van der Waals surface area contributed by atoms with Crippen LogP contribution in [0, 0.1) is 0 Å². The van der Waals surface area contributed by atoms with E-state index in [1.807, 2.05) is 18.2 Å². The Bertz CT molecular complexity index is 722. The van der Waals surface area contributed by atoms with Gasteiger partial charge in [0.1, 0.15) is 17.5 Å². The largest absolute Gasteiger partial charge is 0.342 e. The molecule has 3 heterocycles. The van der Waals surface area contributed by atoms with Crippen LogP contribution >= 0.6 is 0 Å². The maximum atomic E-state index is 4.63. The first-order valence-corrected chi connectivity index (χ1v) is 7.75.